The number of ether oxygens (including phenoxy) is 4. The number of carboxylic acids is 1. The zero-order valence-corrected chi connectivity index (χ0v) is 65.7. The van der Waals surface area contributed by atoms with Gasteiger partial charge in [0.1, 0.15) is 5.84 Å². The van der Waals surface area contributed by atoms with Crippen molar-refractivity contribution < 1.29 is 48.0 Å². The molecule has 12 nitrogen and oxygen atoms in total. The largest absolute Gasteiger partial charge is 0.478 e. The van der Waals surface area contributed by atoms with Gasteiger partial charge in [0.05, 0.1) is 60.3 Å². The minimum Gasteiger partial charge on any atom is -0.478 e. The van der Waals surface area contributed by atoms with Gasteiger partial charge in [-0.2, -0.15) is 0 Å². The number of carboxylic acid groups (broad SMARTS) is 1. The van der Waals surface area contributed by atoms with E-state index >= 15 is 0 Å². The number of rotatable bonds is 7. The number of allylic oxidation sites excluding steroid dienone is 4. The maximum atomic E-state index is 13.6. The highest BCUT2D eigenvalue weighted by molar-refractivity contribution is 6.11. The lowest BCUT2D eigenvalue weighted by atomic mass is 9.86. The smallest absolute Gasteiger partial charge is 0.338 e. The van der Waals surface area contributed by atoms with Gasteiger partial charge in [0.2, 0.25) is 0 Å². The molecule has 12 aromatic rings. The van der Waals surface area contributed by atoms with Gasteiger partial charge in [-0.15, -0.1) is 0 Å². The number of aromatic carboxylic acids is 1. The van der Waals surface area contributed by atoms with Gasteiger partial charge in [-0.05, 0) is 231 Å². The van der Waals surface area contributed by atoms with Crippen LogP contribution >= 0.6 is 0 Å². The van der Waals surface area contributed by atoms with E-state index in [4.69, 9.17) is 23.9 Å². The van der Waals surface area contributed by atoms with Gasteiger partial charge in [0.15, 0.2) is 0 Å². The fourth-order valence-electron chi connectivity index (χ4n) is 13.5. The van der Waals surface area contributed by atoms with Gasteiger partial charge in [-0.1, -0.05) is 248 Å². The predicted molar refractivity (Wildman–Crippen MR) is 467 cm³/mol. The molecule has 0 aromatic heterocycles. The van der Waals surface area contributed by atoms with Gasteiger partial charge in [-0.3, -0.25) is 4.99 Å². The number of nitrogens with zero attached hydrogens (tertiary/aromatic N) is 1. The first-order valence-corrected chi connectivity index (χ1v) is 39.7. The van der Waals surface area contributed by atoms with Gasteiger partial charge in [0.25, 0.3) is 0 Å². The van der Waals surface area contributed by atoms with E-state index in [0.29, 0.717) is 135 Å². The number of amidine groups is 1. The molecule has 8 aliphatic heterocycles. The maximum absolute atomic E-state index is 13.6. The Balaban J connectivity index is 0.729. The summed E-state index contributed by atoms with van der Waals surface area (Å²) in [5.74, 6) is 24.0. The average Bonchev–Trinajstić information content (AvgIpc) is 0.765. The third-order valence-corrected chi connectivity index (χ3v) is 19.7. The van der Waals surface area contributed by atoms with E-state index in [1.807, 2.05) is 182 Å². The van der Waals surface area contributed by atoms with Crippen molar-refractivity contribution in [1.82, 2.24) is 5.32 Å². The molecule has 0 radical (unpaired) electrons. The first-order valence-electron chi connectivity index (χ1n) is 39.7. The number of aliphatic imine (C=N–C) groups is 1. The highest BCUT2D eigenvalue weighted by Crippen LogP contribution is 2.38. The summed E-state index contributed by atoms with van der Waals surface area (Å²) in [6, 6.07) is 91.0. The topological polar surface area (TPSA) is 167 Å². The van der Waals surface area contributed by atoms with E-state index in [1.165, 1.54) is 0 Å². The van der Waals surface area contributed by atoms with Crippen LogP contribution in [0.25, 0.3) is 44.5 Å². The Morgan fingerprint density at radius 2 is 0.653 bits per heavy atom. The fourth-order valence-corrected chi connectivity index (χ4v) is 13.5. The Labute approximate surface area is 690 Å². The van der Waals surface area contributed by atoms with Gasteiger partial charge in [0, 0.05) is 61.7 Å². The Hall–Kier alpha value is -14.8. The molecule has 12 aromatic carbocycles. The molecule has 2 N–H and O–H groups in total. The van der Waals surface area contributed by atoms with E-state index in [9.17, 15) is 29.1 Å². The third-order valence-electron chi connectivity index (χ3n) is 19.7. The van der Waals surface area contributed by atoms with Crippen molar-refractivity contribution in [2.45, 2.75) is 77.3 Å². The summed E-state index contributed by atoms with van der Waals surface area (Å²) in [6.07, 6.45) is 13.4. The molecule has 0 unspecified atom stereocenters. The van der Waals surface area contributed by atoms with Crippen molar-refractivity contribution in [3.8, 4) is 91.9 Å². The van der Waals surface area contributed by atoms with Crippen molar-refractivity contribution in [2.75, 3.05) is 26.4 Å². The first-order chi connectivity index (χ1) is 57.8. The van der Waals surface area contributed by atoms with Crippen LogP contribution in [0.2, 0.25) is 0 Å². The summed E-state index contributed by atoms with van der Waals surface area (Å²) in [5.41, 5.74) is 16.3. The minimum atomic E-state index is -1.07. The molecule has 0 fully saturated rings. The summed E-state index contributed by atoms with van der Waals surface area (Å²) < 4.78 is 22.8. The van der Waals surface area contributed by atoms with E-state index in [1.54, 1.807) is 78.9 Å². The predicted octanol–water partition coefficient (Wildman–Crippen LogP) is 22.1. The molecule has 2 atom stereocenters. The lowest BCUT2D eigenvalue weighted by Crippen LogP contribution is -2.29. The lowest BCUT2D eigenvalue weighted by molar-refractivity contribution is 0.0491. The number of carbonyl (C=O) groups excluding carboxylic acids is 4. The molecule has 20 rings (SSSR count). The number of hydrogen-bond acceptors (Lipinski definition) is 10. The number of hydrogen-bond donors (Lipinski definition) is 2. The average molecular weight is 1550 g/mol. The molecule has 18 bridgehead atoms. The molecule has 0 spiro atoms. The van der Waals surface area contributed by atoms with Crippen molar-refractivity contribution in [1.29, 1.82) is 0 Å². The van der Waals surface area contributed by atoms with Crippen LogP contribution in [-0.4, -0.2) is 67.2 Å². The number of nitrogens with one attached hydrogen (secondary N) is 1. The number of benzene rings is 12. The molecular formula is C106H86N2O10. The molecule has 118 heavy (non-hydrogen) atoms. The van der Waals surface area contributed by atoms with Crippen LogP contribution in [0.15, 0.2) is 320 Å². The summed E-state index contributed by atoms with van der Waals surface area (Å²) in [6.45, 7) is 5.15. The number of esters is 4. The minimum absolute atomic E-state index is 0.153. The normalized spacial score (nSPS) is 13.9. The Kier molecular flexibility index (Phi) is 28.4. The van der Waals surface area contributed by atoms with Crippen molar-refractivity contribution in [3.05, 3.63) is 405 Å². The van der Waals surface area contributed by atoms with E-state index in [2.05, 4.69) is 121 Å². The summed E-state index contributed by atoms with van der Waals surface area (Å²) in [4.78, 5) is 72.0. The molecular weight excluding hydrogens is 1460 g/mol. The second-order valence-corrected chi connectivity index (χ2v) is 28.3. The third kappa shape index (κ3) is 22.6. The van der Waals surface area contributed by atoms with Crippen LogP contribution in [0.4, 0.5) is 0 Å². The Morgan fingerprint density at radius 3 is 1.03 bits per heavy atom. The van der Waals surface area contributed by atoms with E-state index in [0.717, 1.165) is 50.1 Å². The highest BCUT2D eigenvalue weighted by Gasteiger charge is 2.25. The van der Waals surface area contributed by atoms with Crippen LogP contribution < -0.4 is 5.32 Å². The van der Waals surface area contributed by atoms with Crippen LogP contribution in [0.5, 0.6) is 0 Å². The second-order valence-electron chi connectivity index (χ2n) is 28.3. The molecule has 8 heterocycles. The van der Waals surface area contributed by atoms with E-state index in [-0.39, 0.29) is 44.1 Å². The summed E-state index contributed by atoms with van der Waals surface area (Å²) in [5, 5.41) is 14.5. The van der Waals surface area contributed by atoms with Crippen LogP contribution in [0.1, 0.15) is 190 Å². The van der Waals surface area contributed by atoms with Gasteiger partial charge >= 0.3 is 29.8 Å². The summed E-state index contributed by atoms with van der Waals surface area (Å²) >= 11 is 0. The first kappa shape index (κ1) is 81.2. The molecule has 0 aliphatic carbocycles. The Morgan fingerprint density at radius 1 is 0.331 bits per heavy atom. The quantitative estimate of drug-likeness (QED) is 0.0389. The van der Waals surface area contributed by atoms with Crippen LogP contribution in [-0.2, 0) is 18.9 Å². The van der Waals surface area contributed by atoms with E-state index < -0.39 is 29.8 Å². The fraction of sp³-hybridized carbons (Fsp3) is 0.151. The maximum Gasteiger partial charge on any atom is 0.338 e. The molecule has 8 aliphatic rings. The van der Waals surface area contributed by atoms with Crippen molar-refractivity contribution in [3.63, 3.8) is 0 Å². The molecule has 12 heteroatoms. The van der Waals surface area contributed by atoms with Gasteiger partial charge in [-0.25, -0.2) is 24.0 Å². The monoisotopic (exact) mass is 1550 g/mol. The zero-order valence-electron chi connectivity index (χ0n) is 65.7. The highest BCUT2D eigenvalue weighted by atomic mass is 16.5. The molecule has 0 saturated carbocycles. The van der Waals surface area contributed by atoms with Crippen molar-refractivity contribution in [2.24, 2.45) is 4.99 Å². The lowest BCUT2D eigenvalue weighted by Gasteiger charge is -2.25. The standard InChI is InChI=1S/C106H86N2O10/c1-75(84-33-14-11-15-34-84)107-101(108-76(2)85-35-16-12-17-36-85)100-97-66-65-90(98(100)89-37-18-13-19-38-89)64-57-83-32-27-42-94(74-83)106(114)118-70-23-10-6-5-9-22-68-116-104(112)92-40-25-30-81(72-92)49-46-78-53-60-87(61-54-78)96-44-28-43-95(99(96)102(109)110)86-58-51-77(52-59-86)45-48-80-29-24-39-91(71-80)103(111)115-67-20-7-3-4-8-21-69-117-105(113)93-41-26-31-82(73-93)50-47-79-55-62-88(97)63-56-79/h3-6,11-19,24-44,51-56,58-63,65-66,71-76H,7-10,20-23,67-70H2,1-2H3,(H,107,108)(H,109,110)/t75-,76-/m1/s1. The second kappa shape index (κ2) is 41.3. The van der Waals surface area contributed by atoms with Crippen LogP contribution in [0, 0.1) is 47.4 Å². The Bertz CT molecular complexity index is 5960. The molecule has 0 saturated heterocycles. The van der Waals surface area contributed by atoms with Gasteiger partial charge < -0.3 is 29.4 Å². The van der Waals surface area contributed by atoms with Crippen molar-refractivity contribution >= 4 is 35.7 Å². The SMILES string of the molecule is C[C@@H](N=C(N[C@H](C)c1ccccc1)c1c2ccc(c1-c1ccccc1)C#Cc1cccc(c1)C(=O)OCCCC=CCCCOC(=O)c1cccc(c1)C#Cc1ccc(cc1)-c1cccc(c1C(=O)O)-c1ccc(cc1)C#Cc1cccc(c1)C(=O)OCCCC=CCCCOC(=O)c1cccc(c1)C#Cc1ccc-2cc1)c1ccccc1. The zero-order chi connectivity index (χ0) is 81.6. The molecule has 580 valence electrons. The van der Waals surface area contributed by atoms with Crippen LogP contribution in [0.3, 0.4) is 0 Å². The number of carbonyl (C=O) groups is 5. The summed E-state index contributed by atoms with van der Waals surface area (Å²) in [7, 11) is 0. The molecule has 0 amide bonds.